The Morgan fingerprint density at radius 3 is 2.57 bits per heavy atom. The van der Waals surface area contributed by atoms with E-state index < -0.39 is 0 Å². The summed E-state index contributed by atoms with van der Waals surface area (Å²) in [7, 11) is 0. The second-order valence-electron chi connectivity index (χ2n) is 1.49. The van der Waals surface area contributed by atoms with Crippen molar-refractivity contribution in [1.29, 1.82) is 0 Å². The van der Waals surface area contributed by atoms with Gasteiger partial charge in [-0.15, -0.1) is 0 Å². The molecule has 3 heteroatoms. The smallest absolute Gasteiger partial charge is 0.232 e. The molecule has 0 aromatic carbocycles. The first-order chi connectivity index (χ1) is 3.34. The van der Waals surface area contributed by atoms with Gasteiger partial charge in [-0.05, 0) is 0 Å². The number of β-lactam (4-membered cyclic amide) rings is 1. The summed E-state index contributed by atoms with van der Waals surface area (Å²) in [5, 5.41) is 2.44. The lowest BCUT2D eigenvalue weighted by atomic mass is 10.1. The average Bonchev–Trinajstić information content (AvgIpc) is 1.65. The number of amides is 1. The van der Waals surface area contributed by atoms with Gasteiger partial charge in [0, 0.05) is 6.54 Å². The van der Waals surface area contributed by atoms with Crippen molar-refractivity contribution in [1.82, 2.24) is 5.32 Å². The molecule has 1 N–H and O–H groups in total. The van der Waals surface area contributed by atoms with Gasteiger partial charge in [-0.1, -0.05) is 0 Å². The summed E-state index contributed by atoms with van der Waals surface area (Å²) in [5.41, 5.74) is 0. The minimum Gasteiger partial charge on any atom is -0.354 e. The summed E-state index contributed by atoms with van der Waals surface area (Å²) in [4.78, 5) is 19.9. The van der Waals surface area contributed by atoms with E-state index in [1.54, 1.807) is 0 Å². The molecule has 7 heavy (non-hydrogen) atoms. The van der Waals surface area contributed by atoms with Gasteiger partial charge in [0.25, 0.3) is 0 Å². The molecular weight excluding hydrogens is 94.0 g/mol. The van der Waals surface area contributed by atoms with Gasteiger partial charge in [0.05, 0.1) is 0 Å². The Kier molecular flexibility index (Phi) is 0.817. The molecule has 1 amide bonds. The van der Waals surface area contributed by atoms with E-state index in [9.17, 15) is 9.59 Å². The van der Waals surface area contributed by atoms with Gasteiger partial charge in [-0.2, -0.15) is 0 Å². The van der Waals surface area contributed by atoms with E-state index in [-0.39, 0.29) is 11.8 Å². The highest BCUT2D eigenvalue weighted by Gasteiger charge is 2.25. The van der Waals surface area contributed by atoms with Crippen LogP contribution in [0.1, 0.15) is 0 Å². The summed E-state index contributed by atoms with van der Waals surface area (Å²) >= 11 is 0. The standard InChI is InChI=1S/C4H5NO2/c6-2-3-1-5-4(3)7/h2-3H,1H2,(H,5,7)/t3-/m1/s1. The monoisotopic (exact) mass is 99.0 g/mol. The molecule has 3 nitrogen and oxygen atoms in total. The molecule has 1 aliphatic rings. The number of rotatable bonds is 1. The zero-order chi connectivity index (χ0) is 5.28. The van der Waals surface area contributed by atoms with Crippen LogP contribution in [0.5, 0.6) is 0 Å². The fourth-order valence-electron chi connectivity index (χ4n) is 0.413. The summed E-state index contributed by atoms with van der Waals surface area (Å²) < 4.78 is 0. The third-order valence-corrected chi connectivity index (χ3v) is 0.997. The normalized spacial score (nSPS) is 28.0. The largest absolute Gasteiger partial charge is 0.354 e. The lowest BCUT2D eigenvalue weighted by Gasteiger charge is -2.19. The Bertz CT molecular complexity index is 110. The van der Waals surface area contributed by atoms with Crippen molar-refractivity contribution >= 4 is 12.2 Å². The maximum atomic E-state index is 10.1. The number of hydrogen-bond donors (Lipinski definition) is 1. The Morgan fingerprint density at radius 1 is 1.86 bits per heavy atom. The molecule has 0 aromatic heterocycles. The molecule has 0 aromatic rings. The highest BCUT2D eigenvalue weighted by molar-refractivity contribution is 5.96. The van der Waals surface area contributed by atoms with E-state index in [1.807, 2.05) is 0 Å². The van der Waals surface area contributed by atoms with Crippen LogP contribution in [0.3, 0.4) is 0 Å². The van der Waals surface area contributed by atoms with Crippen LogP contribution in [0.2, 0.25) is 0 Å². The van der Waals surface area contributed by atoms with Gasteiger partial charge in [0.2, 0.25) is 5.91 Å². The lowest BCUT2D eigenvalue weighted by Crippen LogP contribution is -2.49. The predicted octanol–water partition coefficient (Wildman–Crippen LogP) is -1.07. The molecule has 0 bridgehead atoms. The van der Waals surface area contributed by atoms with Gasteiger partial charge in [0.1, 0.15) is 12.2 Å². The van der Waals surface area contributed by atoms with Gasteiger partial charge >= 0.3 is 0 Å². The quantitative estimate of drug-likeness (QED) is 0.258. The van der Waals surface area contributed by atoms with Crippen LogP contribution >= 0.6 is 0 Å². The van der Waals surface area contributed by atoms with Gasteiger partial charge in [-0.3, -0.25) is 4.79 Å². The van der Waals surface area contributed by atoms with Gasteiger partial charge < -0.3 is 10.1 Å². The average molecular weight is 99.1 g/mol. The zero-order valence-electron chi connectivity index (χ0n) is 3.68. The SMILES string of the molecule is O=C[C@H]1CNC1=O. The number of carbonyl (C=O) groups excluding carboxylic acids is 2. The van der Waals surface area contributed by atoms with Crippen molar-refractivity contribution in [2.45, 2.75) is 0 Å². The van der Waals surface area contributed by atoms with E-state index in [0.717, 1.165) is 0 Å². The fourth-order valence-corrected chi connectivity index (χ4v) is 0.413. The molecule has 1 saturated heterocycles. The molecule has 38 valence electrons. The van der Waals surface area contributed by atoms with Crippen LogP contribution in [0.15, 0.2) is 0 Å². The maximum absolute atomic E-state index is 10.1. The third-order valence-electron chi connectivity index (χ3n) is 0.997. The van der Waals surface area contributed by atoms with Crippen LogP contribution in [0.4, 0.5) is 0 Å². The number of hydrogen-bond acceptors (Lipinski definition) is 2. The van der Waals surface area contributed by atoms with Crippen LogP contribution in [0, 0.1) is 5.92 Å². The summed E-state index contributed by atoms with van der Waals surface area (Å²) in [6.45, 7) is 0.530. The van der Waals surface area contributed by atoms with Gasteiger partial charge in [-0.25, -0.2) is 0 Å². The topological polar surface area (TPSA) is 46.2 Å². The first-order valence-corrected chi connectivity index (χ1v) is 2.07. The van der Waals surface area contributed by atoms with Crippen molar-refractivity contribution in [2.75, 3.05) is 6.54 Å². The molecular formula is C4H5NO2. The van der Waals surface area contributed by atoms with Crippen molar-refractivity contribution in [3.63, 3.8) is 0 Å². The zero-order valence-corrected chi connectivity index (χ0v) is 3.68. The first kappa shape index (κ1) is 4.30. The molecule has 0 unspecified atom stereocenters. The van der Waals surface area contributed by atoms with Crippen molar-refractivity contribution < 1.29 is 9.59 Å². The first-order valence-electron chi connectivity index (χ1n) is 2.07. The van der Waals surface area contributed by atoms with Crippen molar-refractivity contribution in [3.8, 4) is 0 Å². The van der Waals surface area contributed by atoms with Crippen LogP contribution in [-0.4, -0.2) is 18.7 Å². The Balaban J connectivity index is 2.43. The Morgan fingerprint density at radius 2 is 2.57 bits per heavy atom. The van der Waals surface area contributed by atoms with Crippen LogP contribution in [-0.2, 0) is 9.59 Å². The Labute approximate surface area is 40.7 Å². The molecule has 1 rings (SSSR count). The molecule has 0 radical (unpaired) electrons. The number of carbonyl (C=O) groups is 2. The van der Waals surface area contributed by atoms with Crippen molar-refractivity contribution in [3.05, 3.63) is 0 Å². The van der Waals surface area contributed by atoms with E-state index >= 15 is 0 Å². The lowest BCUT2D eigenvalue weighted by molar-refractivity contribution is -0.134. The number of nitrogens with one attached hydrogen (secondary N) is 1. The summed E-state index contributed by atoms with van der Waals surface area (Å²) in [6.07, 6.45) is 0.666. The molecule has 1 fully saturated rings. The highest BCUT2D eigenvalue weighted by atomic mass is 16.2. The second-order valence-corrected chi connectivity index (χ2v) is 1.49. The summed E-state index contributed by atoms with van der Waals surface area (Å²) in [6, 6.07) is 0. The third kappa shape index (κ3) is 0.493. The molecule has 0 spiro atoms. The van der Waals surface area contributed by atoms with Crippen LogP contribution < -0.4 is 5.32 Å². The molecule has 0 aliphatic carbocycles. The van der Waals surface area contributed by atoms with E-state index in [2.05, 4.69) is 5.32 Å². The van der Waals surface area contributed by atoms with E-state index in [4.69, 9.17) is 0 Å². The van der Waals surface area contributed by atoms with E-state index in [1.165, 1.54) is 0 Å². The summed E-state index contributed by atoms with van der Waals surface area (Å²) in [5.74, 6) is -0.491. The van der Waals surface area contributed by atoms with Crippen molar-refractivity contribution in [2.24, 2.45) is 5.92 Å². The fraction of sp³-hybridized carbons (Fsp3) is 0.500. The second kappa shape index (κ2) is 1.33. The van der Waals surface area contributed by atoms with Crippen LogP contribution in [0.25, 0.3) is 0 Å². The predicted molar refractivity (Wildman–Crippen MR) is 22.6 cm³/mol. The van der Waals surface area contributed by atoms with E-state index in [0.29, 0.717) is 12.8 Å². The highest BCUT2D eigenvalue weighted by Crippen LogP contribution is 1.98. The minimum atomic E-state index is -0.347. The minimum absolute atomic E-state index is 0.144. The number of aldehydes is 1. The Hall–Kier alpha value is -0.860. The molecule has 1 heterocycles. The van der Waals surface area contributed by atoms with Gasteiger partial charge in [0.15, 0.2) is 0 Å². The molecule has 1 aliphatic heterocycles. The molecule has 1 atom stereocenters. The maximum Gasteiger partial charge on any atom is 0.232 e. The molecule has 0 saturated carbocycles.